The van der Waals surface area contributed by atoms with E-state index in [4.69, 9.17) is 18.9 Å². The molecule has 0 spiro atoms. The number of hydrogen-bond donors (Lipinski definition) is 2. The maximum absolute atomic E-state index is 13.9. The maximum Gasteiger partial charge on any atom is 0.419 e. The van der Waals surface area contributed by atoms with E-state index in [2.05, 4.69) is 10.6 Å². The molecule has 2 heterocycles. The van der Waals surface area contributed by atoms with Crippen molar-refractivity contribution in [1.29, 1.82) is 0 Å². The average molecular weight is 777 g/mol. The maximum atomic E-state index is 13.9. The summed E-state index contributed by atoms with van der Waals surface area (Å²) >= 11 is 0. The molecule has 2 atom stereocenters. The third-order valence-corrected chi connectivity index (χ3v) is 9.53. The third-order valence-electron chi connectivity index (χ3n) is 9.53. The number of rotatable bonds is 14. The number of hydrogen-bond acceptors (Lipinski definition) is 9. The normalized spacial score (nSPS) is 15.2. The second kappa shape index (κ2) is 19.2. The summed E-state index contributed by atoms with van der Waals surface area (Å²) in [7, 11) is 0. The summed E-state index contributed by atoms with van der Waals surface area (Å²) in [4.78, 5) is 66.4. The summed E-state index contributed by atoms with van der Waals surface area (Å²) in [6.45, 7) is 18.6. The monoisotopic (exact) mass is 776 g/mol. The minimum absolute atomic E-state index is 0.0272. The van der Waals surface area contributed by atoms with Crippen molar-refractivity contribution in [3.05, 3.63) is 64.8 Å². The van der Waals surface area contributed by atoms with E-state index in [-0.39, 0.29) is 43.6 Å². The highest BCUT2D eigenvalue weighted by Crippen LogP contribution is 2.26. The first-order valence-electron chi connectivity index (χ1n) is 19.6. The molecule has 1 aromatic heterocycles. The Bertz CT molecular complexity index is 1870. The summed E-state index contributed by atoms with van der Waals surface area (Å²) in [6.07, 6.45) is 3.36. The lowest BCUT2D eigenvalue weighted by Gasteiger charge is -2.33. The predicted octanol–water partition coefficient (Wildman–Crippen LogP) is 7.14. The van der Waals surface area contributed by atoms with Crippen LogP contribution >= 0.6 is 0 Å². The number of carbonyl (C=O) groups is 5. The zero-order chi connectivity index (χ0) is 41.2. The van der Waals surface area contributed by atoms with Crippen molar-refractivity contribution in [3.63, 3.8) is 0 Å². The molecule has 13 heteroatoms. The van der Waals surface area contributed by atoms with Gasteiger partial charge in [0.05, 0.1) is 25.2 Å². The number of aromatic nitrogens is 1. The van der Waals surface area contributed by atoms with Crippen molar-refractivity contribution in [1.82, 2.24) is 20.1 Å². The first kappa shape index (κ1) is 43.7. The van der Waals surface area contributed by atoms with E-state index in [1.807, 2.05) is 49.1 Å². The van der Waals surface area contributed by atoms with Gasteiger partial charge in [0.15, 0.2) is 0 Å². The molecule has 13 nitrogen and oxygen atoms in total. The van der Waals surface area contributed by atoms with Crippen LogP contribution in [0.2, 0.25) is 0 Å². The van der Waals surface area contributed by atoms with Crippen LogP contribution in [0.3, 0.4) is 0 Å². The molecule has 1 aliphatic rings. The van der Waals surface area contributed by atoms with Gasteiger partial charge in [0.2, 0.25) is 11.8 Å². The molecular weight excluding hydrogens is 716 g/mol. The number of esters is 1. The quantitative estimate of drug-likeness (QED) is 0.128. The lowest BCUT2D eigenvalue weighted by atomic mass is 9.95. The first-order chi connectivity index (χ1) is 26.3. The van der Waals surface area contributed by atoms with Gasteiger partial charge in [-0.1, -0.05) is 18.2 Å². The molecule has 0 radical (unpaired) electrons. The number of amides is 3. The van der Waals surface area contributed by atoms with Crippen LogP contribution in [0.5, 0.6) is 5.75 Å². The number of nitrogens with zero attached hydrogens (tertiary/aromatic N) is 2. The van der Waals surface area contributed by atoms with Gasteiger partial charge in [-0.2, -0.15) is 0 Å². The van der Waals surface area contributed by atoms with Gasteiger partial charge in [-0.3, -0.25) is 19.0 Å². The Kier molecular flexibility index (Phi) is 15.0. The van der Waals surface area contributed by atoms with Crippen LogP contribution < -0.4 is 15.4 Å². The van der Waals surface area contributed by atoms with Crippen molar-refractivity contribution in [2.45, 2.75) is 125 Å². The number of alkyl carbamates (subject to hydrolysis) is 1. The molecule has 2 aromatic carbocycles. The SMILES string of the molecule is CCOC(=O)CCC(=O)N1CCCC(CCOc2cc(C)c(C)c(CNC(=O)[C@H](Cc3cn(C(=O)OC(C)(C)C)c4ccccc34)NC(=O)OC(C)(C)C)c2)C1. The predicted molar refractivity (Wildman–Crippen MR) is 213 cm³/mol. The number of nitrogens with one attached hydrogen (secondary N) is 2. The Labute approximate surface area is 330 Å². The summed E-state index contributed by atoms with van der Waals surface area (Å²) in [5.41, 5.74) is 2.66. The Balaban J connectivity index is 1.43. The zero-order valence-electron chi connectivity index (χ0n) is 34.5. The van der Waals surface area contributed by atoms with Gasteiger partial charge in [-0.25, -0.2) is 9.59 Å². The van der Waals surface area contributed by atoms with Crippen molar-refractivity contribution < 1.29 is 42.9 Å². The van der Waals surface area contributed by atoms with Crippen LogP contribution in [0.15, 0.2) is 42.6 Å². The fraction of sp³-hybridized carbons (Fsp3) is 0.558. The molecule has 1 fully saturated rings. The van der Waals surface area contributed by atoms with Gasteiger partial charge in [0.1, 0.15) is 23.0 Å². The molecule has 306 valence electrons. The second-order valence-electron chi connectivity index (χ2n) is 16.5. The molecule has 1 saturated heterocycles. The Morgan fingerprint density at radius 2 is 1.64 bits per heavy atom. The lowest BCUT2D eigenvalue weighted by molar-refractivity contribution is -0.146. The summed E-state index contributed by atoms with van der Waals surface area (Å²) in [5.74, 6) is 0.156. The van der Waals surface area contributed by atoms with Gasteiger partial charge < -0.3 is 34.5 Å². The number of aryl methyl sites for hydroxylation is 1. The average Bonchev–Trinajstić information content (AvgIpc) is 3.48. The summed E-state index contributed by atoms with van der Waals surface area (Å²) in [6, 6.07) is 10.2. The van der Waals surface area contributed by atoms with Crippen LogP contribution in [-0.4, -0.2) is 83.0 Å². The molecule has 56 heavy (non-hydrogen) atoms. The van der Waals surface area contributed by atoms with Gasteiger partial charge in [0, 0.05) is 44.1 Å². The minimum Gasteiger partial charge on any atom is -0.494 e. The van der Waals surface area contributed by atoms with E-state index in [1.54, 1.807) is 60.7 Å². The minimum atomic E-state index is -1.03. The number of carbonyl (C=O) groups excluding carboxylic acids is 5. The van der Waals surface area contributed by atoms with Crippen LogP contribution in [0.1, 0.15) is 103 Å². The van der Waals surface area contributed by atoms with Gasteiger partial charge in [-0.05, 0) is 128 Å². The lowest BCUT2D eigenvalue weighted by Crippen LogP contribution is -2.49. The fourth-order valence-electron chi connectivity index (χ4n) is 6.69. The number of ether oxygens (including phenoxy) is 4. The van der Waals surface area contributed by atoms with E-state index < -0.39 is 35.3 Å². The number of likely N-dealkylation sites (tertiary alicyclic amines) is 1. The zero-order valence-corrected chi connectivity index (χ0v) is 34.5. The summed E-state index contributed by atoms with van der Waals surface area (Å²) in [5, 5.41) is 6.51. The van der Waals surface area contributed by atoms with Crippen molar-refractivity contribution in [2.24, 2.45) is 5.92 Å². The fourth-order valence-corrected chi connectivity index (χ4v) is 6.69. The van der Waals surface area contributed by atoms with E-state index in [9.17, 15) is 24.0 Å². The van der Waals surface area contributed by atoms with E-state index in [0.29, 0.717) is 43.1 Å². The highest BCUT2D eigenvalue weighted by Gasteiger charge is 2.28. The molecule has 1 unspecified atom stereocenters. The molecule has 0 aliphatic carbocycles. The van der Waals surface area contributed by atoms with E-state index >= 15 is 0 Å². The number of benzene rings is 2. The molecular formula is C43H60N4O9. The van der Waals surface area contributed by atoms with Gasteiger partial charge in [-0.15, -0.1) is 0 Å². The van der Waals surface area contributed by atoms with Crippen molar-refractivity contribution in [2.75, 3.05) is 26.3 Å². The van der Waals surface area contributed by atoms with Gasteiger partial charge >= 0.3 is 18.2 Å². The largest absolute Gasteiger partial charge is 0.494 e. The highest BCUT2D eigenvalue weighted by atomic mass is 16.6. The molecule has 3 amide bonds. The third kappa shape index (κ3) is 13.0. The molecule has 0 saturated carbocycles. The molecule has 0 bridgehead atoms. The van der Waals surface area contributed by atoms with E-state index in [1.165, 1.54) is 4.57 Å². The van der Waals surface area contributed by atoms with E-state index in [0.717, 1.165) is 41.3 Å². The van der Waals surface area contributed by atoms with Crippen LogP contribution in [0.25, 0.3) is 10.9 Å². The Hall–Kier alpha value is -5.07. The van der Waals surface area contributed by atoms with Crippen molar-refractivity contribution in [3.8, 4) is 5.75 Å². The van der Waals surface area contributed by atoms with Crippen LogP contribution in [-0.2, 0) is 41.6 Å². The Morgan fingerprint density at radius 1 is 0.929 bits per heavy atom. The van der Waals surface area contributed by atoms with Crippen molar-refractivity contribution >= 4 is 40.9 Å². The topological polar surface area (TPSA) is 154 Å². The molecule has 3 aromatic rings. The smallest absolute Gasteiger partial charge is 0.419 e. The second-order valence-corrected chi connectivity index (χ2v) is 16.5. The number of piperidine rings is 1. The van der Waals surface area contributed by atoms with Gasteiger partial charge in [0.25, 0.3) is 0 Å². The molecule has 1 aliphatic heterocycles. The molecule has 2 N–H and O–H groups in total. The Morgan fingerprint density at radius 3 is 2.34 bits per heavy atom. The standard InChI is InChI=1S/C43H60N4O9/c1-10-53-38(49)18-17-37(48)46-20-13-14-30(26-46)19-21-54-33-22-28(2)29(3)31(23-33)25-44-39(50)35(45-40(51)55-42(4,5)6)24-32-27-47(41(52)56-43(7,8)9)36-16-12-11-15-34(32)36/h11-12,15-16,22-23,27,30,35H,10,13-14,17-21,24-26H2,1-9H3,(H,44,50)(H,45,51)/t30?,35-/m0/s1. The van der Waals surface area contributed by atoms with Crippen LogP contribution in [0, 0.1) is 19.8 Å². The van der Waals surface area contributed by atoms with Crippen LogP contribution in [0.4, 0.5) is 9.59 Å². The summed E-state index contributed by atoms with van der Waals surface area (Å²) < 4.78 is 23.8. The number of para-hydroxylation sites is 1. The number of fused-ring (bicyclic) bond motifs is 1. The highest BCUT2D eigenvalue weighted by molar-refractivity contribution is 5.93. The first-order valence-corrected chi connectivity index (χ1v) is 19.6. The molecule has 4 rings (SSSR count).